The van der Waals surface area contributed by atoms with Crippen molar-refractivity contribution in [3.63, 3.8) is 0 Å². The second-order valence-corrected chi connectivity index (χ2v) is 6.01. The van der Waals surface area contributed by atoms with Gasteiger partial charge in [-0.1, -0.05) is 30.3 Å². The molecule has 0 fully saturated rings. The van der Waals surface area contributed by atoms with E-state index >= 15 is 0 Å². The first-order valence-electron chi connectivity index (χ1n) is 8.11. The van der Waals surface area contributed by atoms with E-state index in [-0.39, 0.29) is 18.4 Å². The lowest BCUT2D eigenvalue weighted by Gasteiger charge is -2.17. The highest BCUT2D eigenvalue weighted by Gasteiger charge is 2.15. The molecule has 2 aromatic carbocycles. The van der Waals surface area contributed by atoms with Gasteiger partial charge in [0.25, 0.3) is 0 Å². The highest BCUT2D eigenvalue weighted by molar-refractivity contribution is 6.11. The number of aromatic hydroxyl groups is 1. The molecular weight excluding hydrogens is 316 g/mol. The predicted molar refractivity (Wildman–Crippen MR) is 97.7 cm³/mol. The first kappa shape index (κ1) is 15.4. The van der Waals surface area contributed by atoms with E-state index in [2.05, 4.69) is 20.3 Å². The van der Waals surface area contributed by atoms with Crippen LogP contribution < -0.4 is 5.32 Å². The van der Waals surface area contributed by atoms with E-state index in [1.807, 2.05) is 36.4 Å². The number of nitrogens with zero attached hydrogens (tertiary/aromatic N) is 2. The van der Waals surface area contributed by atoms with Gasteiger partial charge >= 0.3 is 0 Å². The molecular formula is C19H18N4O2. The van der Waals surface area contributed by atoms with Crippen LogP contribution in [0.2, 0.25) is 0 Å². The molecule has 0 unspecified atom stereocenters. The van der Waals surface area contributed by atoms with Crippen molar-refractivity contribution in [3.05, 3.63) is 60.4 Å². The number of aliphatic hydroxyl groups excluding tert-OH is 1. The van der Waals surface area contributed by atoms with Crippen LogP contribution >= 0.6 is 0 Å². The number of rotatable bonds is 5. The topological polar surface area (TPSA) is 94.1 Å². The molecule has 0 spiro atoms. The third-order valence-electron chi connectivity index (χ3n) is 4.26. The van der Waals surface area contributed by atoms with Gasteiger partial charge in [0, 0.05) is 10.9 Å². The van der Waals surface area contributed by atoms with E-state index in [0.717, 1.165) is 21.9 Å². The first-order valence-corrected chi connectivity index (χ1v) is 8.11. The molecule has 2 heterocycles. The number of fused-ring (bicyclic) bond motifs is 3. The first-order chi connectivity index (χ1) is 12.2. The highest BCUT2D eigenvalue weighted by atomic mass is 16.3. The molecule has 4 aromatic rings. The fourth-order valence-corrected chi connectivity index (χ4v) is 3.07. The van der Waals surface area contributed by atoms with Crippen molar-refractivity contribution in [1.29, 1.82) is 0 Å². The van der Waals surface area contributed by atoms with Gasteiger partial charge in [-0.15, -0.1) is 0 Å². The van der Waals surface area contributed by atoms with Crippen LogP contribution in [-0.2, 0) is 6.42 Å². The van der Waals surface area contributed by atoms with Gasteiger partial charge in [0.1, 0.15) is 23.5 Å². The number of H-pyrrole nitrogens is 1. The average Bonchev–Trinajstić information content (AvgIpc) is 3.00. The van der Waals surface area contributed by atoms with Crippen LogP contribution in [0.5, 0.6) is 5.75 Å². The van der Waals surface area contributed by atoms with Crippen molar-refractivity contribution >= 4 is 27.8 Å². The molecule has 1 atom stereocenters. The fraction of sp³-hybridized carbons (Fsp3) is 0.158. The lowest BCUT2D eigenvalue weighted by Crippen LogP contribution is -2.27. The average molecular weight is 334 g/mol. The van der Waals surface area contributed by atoms with E-state index < -0.39 is 0 Å². The van der Waals surface area contributed by atoms with Gasteiger partial charge in [-0.3, -0.25) is 0 Å². The summed E-state index contributed by atoms with van der Waals surface area (Å²) in [7, 11) is 0. The van der Waals surface area contributed by atoms with E-state index in [9.17, 15) is 10.2 Å². The SMILES string of the molecule is OC[C@H](Cc1ccccc1)Nc1ncnc2[nH]c3ccc(O)cc3c12. The maximum Gasteiger partial charge on any atom is 0.143 e. The summed E-state index contributed by atoms with van der Waals surface area (Å²) >= 11 is 0. The van der Waals surface area contributed by atoms with Gasteiger partial charge in [-0.25, -0.2) is 9.97 Å². The molecule has 0 aliphatic rings. The molecule has 126 valence electrons. The number of aliphatic hydroxyl groups is 1. The van der Waals surface area contributed by atoms with Crippen LogP contribution in [0.15, 0.2) is 54.9 Å². The number of hydrogen-bond acceptors (Lipinski definition) is 5. The number of phenols is 1. The molecule has 0 aliphatic heterocycles. The van der Waals surface area contributed by atoms with Crippen LogP contribution in [0.4, 0.5) is 5.82 Å². The predicted octanol–water partition coefficient (Wildman–Crippen LogP) is 2.83. The minimum atomic E-state index is -0.178. The van der Waals surface area contributed by atoms with Crippen molar-refractivity contribution in [2.75, 3.05) is 11.9 Å². The van der Waals surface area contributed by atoms with Gasteiger partial charge in [0.2, 0.25) is 0 Å². The summed E-state index contributed by atoms with van der Waals surface area (Å²) in [5.41, 5.74) is 2.70. The van der Waals surface area contributed by atoms with Crippen molar-refractivity contribution in [3.8, 4) is 5.75 Å². The Hall–Kier alpha value is -3.12. The van der Waals surface area contributed by atoms with Gasteiger partial charge in [-0.2, -0.15) is 0 Å². The molecule has 0 saturated carbocycles. The minimum absolute atomic E-state index is 0.0198. The Kier molecular flexibility index (Phi) is 3.95. The van der Waals surface area contributed by atoms with Gasteiger partial charge in [0.05, 0.1) is 18.0 Å². The number of aromatic nitrogens is 3. The summed E-state index contributed by atoms with van der Waals surface area (Å²) in [5, 5.41) is 24.5. The van der Waals surface area contributed by atoms with Crippen molar-refractivity contribution in [2.24, 2.45) is 0 Å². The van der Waals surface area contributed by atoms with Crippen molar-refractivity contribution < 1.29 is 10.2 Å². The molecule has 0 bridgehead atoms. The van der Waals surface area contributed by atoms with Crippen molar-refractivity contribution in [2.45, 2.75) is 12.5 Å². The number of hydrogen-bond donors (Lipinski definition) is 4. The molecule has 25 heavy (non-hydrogen) atoms. The van der Waals surface area contributed by atoms with Crippen LogP contribution in [-0.4, -0.2) is 37.8 Å². The highest BCUT2D eigenvalue weighted by Crippen LogP contribution is 2.31. The normalized spacial score (nSPS) is 12.5. The molecule has 4 N–H and O–H groups in total. The maximum absolute atomic E-state index is 9.81. The third-order valence-corrected chi connectivity index (χ3v) is 4.26. The number of nitrogens with one attached hydrogen (secondary N) is 2. The zero-order valence-electron chi connectivity index (χ0n) is 13.5. The molecule has 6 nitrogen and oxygen atoms in total. The standard InChI is InChI=1S/C19H18N4O2/c24-10-13(8-12-4-2-1-3-5-12)22-18-17-15-9-14(25)6-7-16(15)23-19(17)21-11-20-18/h1-7,9,11,13,24-25H,8,10H2,(H2,20,21,22,23)/t13-/m0/s1. The zero-order chi connectivity index (χ0) is 17.2. The number of aromatic amines is 1. The Morgan fingerprint density at radius 3 is 2.72 bits per heavy atom. The largest absolute Gasteiger partial charge is 0.508 e. The summed E-state index contributed by atoms with van der Waals surface area (Å²) in [6.45, 7) is -0.0198. The van der Waals surface area contributed by atoms with E-state index in [1.165, 1.54) is 6.33 Å². The minimum Gasteiger partial charge on any atom is -0.508 e. The Bertz CT molecular complexity index is 1010. The molecule has 6 heteroatoms. The van der Waals surface area contributed by atoms with Crippen LogP contribution in [0, 0.1) is 0 Å². The molecule has 2 aromatic heterocycles. The molecule has 0 aliphatic carbocycles. The van der Waals surface area contributed by atoms with Crippen LogP contribution in [0.3, 0.4) is 0 Å². The lowest BCUT2D eigenvalue weighted by atomic mass is 10.1. The van der Waals surface area contributed by atoms with Crippen LogP contribution in [0.1, 0.15) is 5.56 Å². The Labute approximate surface area is 144 Å². The summed E-state index contributed by atoms with van der Waals surface area (Å²) in [6.07, 6.45) is 2.16. The van der Waals surface area contributed by atoms with Crippen molar-refractivity contribution in [1.82, 2.24) is 15.0 Å². The molecule has 0 radical (unpaired) electrons. The molecule has 0 amide bonds. The number of benzene rings is 2. The second-order valence-electron chi connectivity index (χ2n) is 6.01. The summed E-state index contributed by atoms with van der Waals surface area (Å²) in [6, 6.07) is 14.9. The van der Waals surface area contributed by atoms with Gasteiger partial charge in [0.15, 0.2) is 0 Å². The third kappa shape index (κ3) is 2.99. The number of phenolic OH excluding ortho intramolecular Hbond substituents is 1. The van der Waals surface area contributed by atoms with E-state index in [0.29, 0.717) is 17.9 Å². The quantitative estimate of drug-likeness (QED) is 0.450. The molecule has 4 rings (SSSR count). The number of anilines is 1. The summed E-state index contributed by atoms with van der Waals surface area (Å²) in [5.74, 6) is 0.822. The molecule has 0 saturated heterocycles. The van der Waals surface area contributed by atoms with Gasteiger partial charge in [-0.05, 0) is 30.2 Å². The smallest absolute Gasteiger partial charge is 0.143 e. The van der Waals surface area contributed by atoms with E-state index in [1.54, 1.807) is 12.1 Å². The monoisotopic (exact) mass is 334 g/mol. The summed E-state index contributed by atoms with van der Waals surface area (Å²) < 4.78 is 0. The lowest BCUT2D eigenvalue weighted by molar-refractivity contribution is 0.273. The van der Waals surface area contributed by atoms with E-state index in [4.69, 9.17) is 0 Å². The second kappa shape index (κ2) is 6.41. The Morgan fingerprint density at radius 2 is 1.92 bits per heavy atom. The summed E-state index contributed by atoms with van der Waals surface area (Å²) in [4.78, 5) is 11.9. The fourth-order valence-electron chi connectivity index (χ4n) is 3.07. The van der Waals surface area contributed by atoms with Gasteiger partial charge < -0.3 is 20.5 Å². The Balaban J connectivity index is 1.72. The maximum atomic E-state index is 9.81. The van der Waals surface area contributed by atoms with Crippen LogP contribution in [0.25, 0.3) is 21.9 Å². The zero-order valence-corrected chi connectivity index (χ0v) is 13.5. The Morgan fingerprint density at radius 1 is 1.08 bits per heavy atom.